The number of hydrogen-bond donors (Lipinski definition) is 1. The average molecular weight is 486 g/mol. The SMILES string of the molecule is COc1ccc(-c2coc3cc(OC)c(/C(C)=C/C(=O)Nc4ccc(C(C)C)cc4)cc23)cc1OC. The van der Waals surface area contributed by atoms with Gasteiger partial charge in [-0.1, -0.05) is 32.0 Å². The van der Waals surface area contributed by atoms with Gasteiger partial charge >= 0.3 is 0 Å². The Labute approximate surface area is 211 Å². The van der Waals surface area contributed by atoms with Crippen LogP contribution in [-0.2, 0) is 4.79 Å². The molecule has 36 heavy (non-hydrogen) atoms. The maximum absolute atomic E-state index is 12.8. The Balaban J connectivity index is 1.67. The molecule has 0 aliphatic rings. The molecule has 0 saturated heterocycles. The molecule has 0 bridgehead atoms. The third-order valence-corrected chi connectivity index (χ3v) is 6.21. The molecule has 1 amide bonds. The van der Waals surface area contributed by atoms with Gasteiger partial charge in [-0.05, 0) is 59.9 Å². The number of carbonyl (C=O) groups is 1. The van der Waals surface area contributed by atoms with Crippen molar-refractivity contribution < 1.29 is 23.4 Å². The molecule has 4 rings (SSSR count). The molecule has 186 valence electrons. The minimum atomic E-state index is -0.209. The van der Waals surface area contributed by atoms with Crippen molar-refractivity contribution in [2.75, 3.05) is 26.6 Å². The fraction of sp³-hybridized carbons (Fsp3) is 0.233. The minimum Gasteiger partial charge on any atom is -0.496 e. The van der Waals surface area contributed by atoms with Crippen LogP contribution in [0, 0.1) is 0 Å². The van der Waals surface area contributed by atoms with Crippen molar-refractivity contribution in [3.63, 3.8) is 0 Å². The fourth-order valence-electron chi connectivity index (χ4n) is 4.16. The Hall–Kier alpha value is -4.19. The molecular formula is C30H31NO5. The summed E-state index contributed by atoms with van der Waals surface area (Å²) in [7, 11) is 4.82. The van der Waals surface area contributed by atoms with Crippen molar-refractivity contribution in [2.45, 2.75) is 26.7 Å². The molecular weight excluding hydrogens is 454 g/mol. The van der Waals surface area contributed by atoms with Crippen LogP contribution in [0.1, 0.15) is 37.8 Å². The topological polar surface area (TPSA) is 69.9 Å². The highest BCUT2D eigenvalue weighted by atomic mass is 16.5. The van der Waals surface area contributed by atoms with Gasteiger partial charge in [0, 0.05) is 34.3 Å². The first-order chi connectivity index (χ1) is 17.3. The minimum absolute atomic E-state index is 0.209. The Morgan fingerprint density at radius 2 is 1.58 bits per heavy atom. The van der Waals surface area contributed by atoms with Gasteiger partial charge in [-0.15, -0.1) is 0 Å². The largest absolute Gasteiger partial charge is 0.496 e. The van der Waals surface area contributed by atoms with Crippen LogP contribution in [0.2, 0.25) is 0 Å². The monoisotopic (exact) mass is 485 g/mol. The first-order valence-corrected chi connectivity index (χ1v) is 11.8. The molecule has 0 unspecified atom stereocenters. The molecule has 0 radical (unpaired) electrons. The molecule has 3 aromatic carbocycles. The van der Waals surface area contributed by atoms with Crippen molar-refractivity contribution in [3.8, 4) is 28.4 Å². The lowest BCUT2D eigenvalue weighted by Crippen LogP contribution is -2.08. The van der Waals surface area contributed by atoms with E-state index < -0.39 is 0 Å². The quantitative estimate of drug-likeness (QED) is 0.265. The molecule has 0 aliphatic carbocycles. The third kappa shape index (κ3) is 5.08. The van der Waals surface area contributed by atoms with Crippen LogP contribution in [0.5, 0.6) is 17.2 Å². The smallest absolute Gasteiger partial charge is 0.248 e. The first kappa shape index (κ1) is 24.9. The zero-order chi connectivity index (χ0) is 25.8. The number of rotatable bonds is 8. The summed E-state index contributed by atoms with van der Waals surface area (Å²) >= 11 is 0. The van der Waals surface area contributed by atoms with Crippen LogP contribution in [0.25, 0.3) is 27.7 Å². The lowest BCUT2D eigenvalue weighted by molar-refractivity contribution is -0.111. The van der Waals surface area contributed by atoms with Crippen molar-refractivity contribution in [2.24, 2.45) is 0 Å². The van der Waals surface area contributed by atoms with E-state index in [9.17, 15) is 4.79 Å². The van der Waals surface area contributed by atoms with Gasteiger partial charge in [0.25, 0.3) is 0 Å². The van der Waals surface area contributed by atoms with Gasteiger partial charge in [-0.25, -0.2) is 0 Å². The van der Waals surface area contributed by atoms with Crippen molar-refractivity contribution in [1.82, 2.24) is 0 Å². The van der Waals surface area contributed by atoms with Crippen molar-refractivity contribution >= 4 is 28.1 Å². The van der Waals surface area contributed by atoms with Gasteiger partial charge < -0.3 is 23.9 Å². The summed E-state index contributed by atoms with van der Waals surface area (Å²) in [6.07, 6.45) is 3.29. The van der Waals surface area contributed by atoms with Crippen LogP contribution in [0.4, 0.5) is 5.69 Å². The van der Waals surface area contributed by atoms with Crippen molar-refractivity contribution in [3.05, 3.63) is 78.1 Å². The van der Waals surface area contributed by atoms with E-state index >= 15 is 0 Å². The van der Waals surface area contributed by atoms with Crippen LogP contribution in [0.3, 0.4) is 0 Å². The zero-order valence-electron chi connectivity index (χ0n) is 21.5. The number of benzene rings is 3. The summed E-state index contributed by atoms with van der Waals surface area (Å²) in [6.45, 7) is 6.17. The molecule has 6 nitrogen and oxygen atoms in total. The highest BCUT2D eigenvalue weighted by Crippen LogP contribution is 2.39. The fourth-order valence-corrected chi connectivity index (χ4v) is 4.16. The molecule has 0 spiro atoms. The summed E-state index contributed by atoms with van der Waals surface area (Å²) in [5.74, 6) is 2.14. The lowest BCUT2D eigenvalue weighted by Gasteiger charge is -2.11. The van der Waals surface area contributed by atoms with E-state index in [0.717, 1.165) is 33.3 Å². The van der Waals surface area contributed by atoms with Crippen molar-refractivity contribution in [1.29, 1.82) is 0 Å². The number of allylic oxidation sites excluding steroid dienone is 1. The van der Waals surface area contributed by atoms with Crippen LogP contribution < -0.4 is 19.5 Å². The van der Waals surface area contributed by atoms with E-state index in [-0.39, 0.29) is 5.91 Å². The van der Waals surface area contributed by atoms with Gasteiger partial charge in [0.1, 0.15) is 11.3 Å². The second kappa shape index (κ2) is 10.6. The molecule has 0 fully saturated rings. The molecule has 6 heteroatoms. The molecule has 0 saturated carbocycles. The number of hydrogen-bond acceptors (Lipinski definition) is 5. The number of methoxy groups -OCH3 is 3. The lowest BCUT2D eigenvalue weighted by atomic mass is 9.99. The molecule has 0 aliphatic heterocycles. The van der Waals surface area contributed by atoms with E-state index in [1.807, 2.05) is 61.5 Å². The molecule has 1 N–H and O–H groups in total. The number of fused-ring (bicyclic) bond motifs is 1. The average Bonchev–Trinajstić information content (AvgIpc) is 3.30. The van der Waals surface area contributed by atoms with E-state index in [1.54, 1.807) is 33.7 Å². The summed E-state index contributed by atoms with van der Waals surface area (Å²) in [5, 5.41) is 3.84. The van der Waals surface area contributed by atoms with Gasteiger partial charge in [0.15, 0.2) is 11.5 Å². The number of ether oxygens (including phenoxy) is 3. The number of nitrogens with one attached hydrogen (secondary N) is 1. The normalized spacial score (nSPS) is 11.6. The molecule has 1 aromatic heterocycles. The zero-order valence-corrected chi connectivity index (χ0v) is 21.5. The molecule has 4 aromatic rings. The first-order valence-electron chi connectivity index (χ1n) is 11.8. The number of furan rings is 1. The summed E-state index contributed by atoms with van der Waals surface area (Å²) in [4.78, 5) is 12.8. The predicted molar refractivity (Wildman–Crippen MR) is 144 cm³/mol. The van der Waals surface area contributed by atoms with Gasteiger partial charge in [-0.2, -0.15) is 0 Å². The Kier molecular flexibility index (Phi) is 7.34. The van der Waals surface area contributed by atoms with Gasteiger partial charge in [0.2, 0.25) is 5.91 Å². The van der Waals surface area contributed by atoms with E-state index in [4.69, 9.17) is 18.6 Å². The van der Waals surface area contributed by atoms with Crippen LogP contribution in [-0.4, -0.2) is 27.2 Å². The van der Waals surface area contributed by atoms with E-state index in [1.165, 1.54) is 5.56 Å². The Bertz CT molecular complexity index is 1410. The van der Waals surface area contributed by atoms with Crippen LogP contribution in [0.15, 0.2) is 71.4 Å². The maximum Gasteiger partial charge on any atom is 0.248 e. The summed E-state index contributed by atoms with van der Waals surface area (Å²) in [6, 6.07) is 17.5. The molecule has 1 heterocycles. The summed E-state index contributed by atoms with van der Waals surface area (Å²) < 4.78 is 22.3. The Morgan fingerprint density at radius 3 is 2.22 bits per heavy atom. The Morgan fingerprint density at radius 1 is 0.889 bits per heavy atom. The highest BCUT2D eigenvalue weighted by Gasteiger charge is 2.16. The van der Waals surface area contributed by atoms with Crippen LogP contribution >= 0.6 is 0 Å². The second-order valence-corrected chi connectivity index (χ2v) is 8.86. The predicted octanol–water partition coefficient (Wildman–Crippen LogP) is 7.29. The number of amides is 1. The number of carbonyl (C=O) groups excluding carboxylic acids is 1. The summed E-state index contributed by atoms with van der Waals surface area (Å²) in [5.41, 5.74) is 6.06. The highest BCUT2D eigenvalue weighted by molar-refractivity contribution is 6.05. The second-order valence-electron chi connectivity index (χ2n) is 8.86. The molecule has 0 atom stereocenters. The van der Waals surface area contributed by atoms with Gasteiger partial charge in [-0.3, -0.25) is 4.79 Å². The maximum atomic E-state index is 12.8. The van der Waals surface area contributed by atoms with E-state index in [0.29, 0.717) is 28.7 Å². The third-order valence-electron chi connectivity index (χ3n) is 6.21. The standard InChI is InChI=1S/C30H31NO5/c1-18(2)20-7-10-22(11-8-20)31-30(32)13-19(3)23-15-24-25(17-36-28(24)16-27(23)34-5)21-9-12-26(33-4)29(14-21)35-6/h7-18H,1-6H3,(H,31,32)/b19-13+. The van der Waals surface area contributed by atoms with E-state index in [2.05, 4.69) is 19.2 Å². The van der Waals surface area contributed by atoms with Gasteiger partial charge in [0.05, 0.1) is 27.6 Å². The number of anilines is 1.